The van der Waals surface area contributed by atoms with Gasteiger partial charge in [0.2, 0.25) is 0 Å². The van der Waals surface area contributed by atoms with E-state index in [0.717, 1.165) is 19.6 Å². The fraction of sp³-hybridized carbons (Fsp3) is 0.571. The van der Waals surface area contributed by atoms with Gasteiger partial charge in [0.05, 0.1) is 6.61 Å². The SMILES string of the molecule is COCCc1ccccc1NCC(C)(C)C. The molecule has 0 amide bonds. The van der Waals surface area contributed by atoms with Crippen molar-refractivity contribution in [2.45, 2.75) is 27.2 Å². The smallest absolute Gasteiger partial charge is 0.0503 e. The average molecular weight is 221 g/mol. The summed E-state index contributed by atoms with van der Waals surface area (Å²) in [6.45, 7) is 8.46. The third-order valence-corrected chi connectivity index (χ3v) is 2.40. The minimum absolute atomic E-state index is 0.300. The Bertz CT molecular complexity index is 315. The van der Waals surface area contributed by atoms with Crippen molar-refractivity contribution >= 4 is 5.69 Å². The quantitative estimate of drug-likeness (QED) is 0.823. The maximum atomic E-state index is 5.12. The molecule has 0 unspecified atom stereocenters. The Hall–Kier alpha value is -1.02. The molecule has 0 fully saturated rings. The lowest BCUT2D eigenvalue weighted by atomic mass is 9.96. The molecule has 16 heavy (non-hydrogen) atoms. The first-order valence-electron chi connectivity index (χ1n) is 5.83. The van der Waals surface area contributed by atoms with Crippen molar-refractivity contribution in [3.63, 3.8) is 0 Å². The van der Waals surface area contributed by atoms with Crippen LogP contribution in [0.5, 0.6) is 0 Å². The summed E-state index contributed by atoms with van der Waals surface area (Å²) in [6.07, 6.45) is 0.962. The second-order valence-electron chi connectivity index (χ2n) is 5.31. The maximum absolute atomic E-state index is 5.12. The van der Waals surface area contributed by atoms with Crippen molar-refractivity contribution in [2.24, 2.45) is 5.41 Å². The highest BCUT2D eigenvalue weighted by Gasteiger charge is 2.10. The molecule has 2 heteroatoms. The van der Waals surface area contributed by atoms with Crippen LogP contribution in [-0.2, 0) is 11.2 Å². The molecule has 0 radical (unpaired) electrons. The number of para-hydroxylation sites is 1. The lowest BCUT2D eigenvalue weighted by molar-refractivity contribution is 0.202. The predicted molar refractivity (Wildman–Crippen MR) is 70.0 cm³/mol. The minimum Gasteiger partial charge on any atom is -0.384 e. The number of nitrogens with one attached hydrogen (secondary N) is 1. The standard InChI is InChI=1S/C14H23NO/c1-14(2,3)11-15-13-8-6-5-7-12(13)9-10-16-4/h5-8,15H,9-11H2,1-4H3. The van der Waals surface area contributed by atoms with Crippen molar-refractivity contribution in [3.8, 4) is 0 Å². The van der Waals surface area contributed by atoms with E-state index in [2.05, 4.69) is 50.4 Å². The van der Waals surface area contributed by atoms with Crippen LogP contribution in [0, 0.1) is 5.41 Å². The van der Waals surface area contributed by atoms with Crippen LogP contribution in [0.1, 0.15) is 26.3 Å². The van der Waals surface area contributed by atoms with Crippen molar-refractivity contribution in [2.75, 3.05) is 25.6 Å². The van der Waals surface area contributed by atoms with Gasteiger partial charge in [0, 0.05) is 19.3 Å². The van der Waals surface area contributed by atoms with Gasteiger partial charge in [-0.25, -0.2) is 0 Å². The zero-order valence-electron chi connectivity index (χ0n) is 10.8. The lowest BCUT2D eigenvalue weighted by Crippen LogP contribution is -2.19. The molecular formula is C14H23NO. The zero-order valence-corrected chi connectivity index (χ0v) is 10.8. The summed E-state index contributed by atoms with van der Waals surface area (Å²) in [7, 11) is 1.74. The Labute approximate surface area is 99.0 Å². The third kappa shape index (κ3) is 4.67. The number of methoxy groups -OCH3 is 1. The number of benzene rings is 1. The summed E-state index contributed by atoms with van der Waals surface area (Å²) in [5.74, 6) is 0. The molecule has 0 aromatic heterocycles. The Kier molecular flexibility index (Phi) is 4.81. The van der Waals surface area contributed by atoms with Gasteiger partial charge in [0.1, 0.15) is 0 Å². The van der Waals surface area contributed by atoms with Crippen LogP contribution in [0.3, 0.4) is 0 Å². The van der Waals surface area contributed by atoms with Gasteiger partial charge in [-0.3, -0.25) is 0 Å². The zero-order chi connectivity index (χ0) is 12.0. The van der Waals surface area contributed by atoms with Gasteiger partial charge in [0.25, 0.3) is 0 Å². The topological polar surface area (TPSA) is 21.3 Å². The first kappa shape index (κ1) is 13.0. The highest BCUT2D eigenvalue weighted by Crippen LogP contribution is 2.19. The van der Waals surface area contributed by atoms with Crippen LogP contribution < -0.4 is 5.32 Å². The summed E-state index contributed by atoms with van der Waals surface area (Å²) in [4.78, 5) is 0. The molecule has 0 bridgehead atoms. The van der Waals surface area contributed by atoms with E-state index in [1.165, 1.54) is 11.3 Å². The number of ether oxygens (including phenoxy) is 1. The molecule has 0 aliphatic heterocycles. The summed E-state index contributed by atoms with van der Waals surface area (Å²) in [5.41, 5.74) is 2.86. The van der Waals surface area contributed by atoms with E-state index in [0.29, 0.717) is 5.41 Å². The maximum Gasteiger partial charge on any atom is 0.0503 e. The largest absolute Gasteiger partial charge is 0.384 e. The van der Waals surface area contributed by atoms with Crippen LogP contribution >= 0.6 is 0 Å². The summed E-state index contributed by atoms with van der Waals surface area (Å²) in [6, 6.07) is 8.44. The van der Waals surface area contributed by atoms with Crippen LogP contribution in [0.25, 0.3) is 0 Å². The molecule has 0 spiro atoms. The molecule has 1 aromatic carbocycles. The molecule has 90 valence electrons. The highest BCUT2D eigenvalue weighted by atomic mass is 16.5. The molecule has 0 saturated heterocycles. The van der Waals surface area contributed by atoms with Gasteiger partial charge < -0.3 is 10.1 Å². The van der Waals surface area contributed by atoms with Crippen LogP contribution in [0.2, 0.25) is 0 Å². The molecule has 1 N–H and O–H groups in total. The molecule has 0 aliphatic rings. The average Bonchev–Trinajstić information content (AvgIpc) is 2.23. The van der Waals surface area contributed by atoms with Crippen LogP contribution in [0.15, 0.2) is 24.3 Å². The Balaban J connectivity index is 2.63. The number of hydrogen-bond acceptors (Lipinski definition) is 2. The molecule has 1 aromatic rings. The molecule has 0 saturated carbocycles. The number of hydrogen-bond donors (Lipinski definition) is 1. The van der Waals surface area contributed by atoms with Crippen molar-refractivity contribution in [1.29, 1.82) is 0 Å². The summed E-state index contributed by atoms with van der Waals surface area (Å²) >= 11 is 0. The summed E-state index contributed by atoms with van der Waals surface area (Å²) < 4.78 is 5.12. The summed E-state index contributed by atoms with van der Waals surface area (Å²) in [5, 5.41) is 3.51. The molecule has 1 rings (SSSR count). The van der Waals surface area contributed by atoms with E-state index in [4.69, 9.17) is 4.74 Å². The van der Waals surface area contributed by atoms with Crippen LogP contribution in [-0.4, -0.2) is 20.3 Å². The monoisotopic (exact) mass is 221 g/mol. The van der Waals surface area contributed by atoms with E-state index in [-0.39, 0.29) is 0 Å². The van der Waals surface area contributed by atoms with Gasteiger partial charge in [0.15, 0.2) is 0 Å². The molecule has 2 nitrogen and oxygen atoms in total. The van der Waals surface area contributed by atoms with Crippen molar-refractivity contribution < 1.29 is 4.74 Å². The lowest BCUT2D eigenvalue weighted by Gasteiger charge is -2.21. The molecular weight excluding hydrogens is 198 g/mol. The molecule has 0 heterocycles. The first-order valence-corrected chi connectivity index (χ1v) is 5.83. The van der Waals surface area contributed by atoms with Gasteiger partial charge in [-0.2, -0.15) is 0 Å². The third-order valence-electron chi connectivity index (χ3n) is 2.40. The minimum atomic E-state index is 0.300. The number of rotatable bonds is 5. The van der Waals surface area contributed by atoms with Gasteiger partial charge in [-0.15, -0.1) is 0 Å². The fourth-order valence-corrected chi connectivity index (χ4v) is 1.48. The molecule has 0 aliphatic carbocycles. The second kappa shape index (κ2) is 5.90. The first-order chi connectivity index (χ1) is 7.53. The normalized spacial score (nSPS) is 11.5. The van der Waals surface area contributed by atoms with Gasteiger partial charge in [-0.1, -0.05) is 39.0 Å². The Morgan fingerprint density at radius 1 is 1.19 bits per heavy atom. The Morgan fingerprint density at radius 2 is 1.88 bits per heavy atom. The van der Waals surface area contributed by atoms with Crippen molar-refractivity contribution in [1.82, 2.24) is 0 Å². The predicted octanol–water partition coefficient (Wildman–Crippen LogP) is 3.33. The van der Waals surface area contributed by atoms with E-state index in [1.54, 1.807) is 7.11 Å². The van der Waals surface area contributed by atoms with Crippen LogP contribution in [0.4, 0.5) is 5.69 Å². The van der Waals surface area contributed by atoms with E-state index < -0.39 is 0 Å². The van der Waals surface area contributed by atoms with Gasteiger partial charge in [-0.05, 0) is 23.5 Å². The highest BCUT2D eigenvalue weighted by molar-refractivity contribution is 5.51. The van der Waals surface area contributed by atoms with E-state index in [1.807, 2.05) is 0 Å². The Morgan fingerprint density at radius 3 is 2.50 bits per heavy atom. The van der Waals surface area contributed by atoms with E-state index >= 15 is 0 Å². The van der Waals surface area contributed by atoms with Gasteiger partial charge >= 0.3 is 0 Å². The fourth-order valence-electron chi connectivity index (χ4n) is 1.48. The van der Waals surface area contributed by atoms with Crippen molar-refractivity contribution in [3.05, 3.63) is 29.8 Å². The van der Waals surface area contributed by atoms with E-state index in [9.17, 15) is 0 Å². The second-order valence-corrected chi connectivity index (χ2v) is 5.31. The molecule has 0 atom stereocenters. The number of anilines is 1.